The summed E-state index contributed by atoms with van der Waals surface area (Å²) in [5.41, 5.74) is -0.708. The first kappa shape index (κ1) is 48.3. The van der Waals surface area contributed by atoms with Gasteiger partial charge in [-0.1, -0.05) is 86.6 Å². The number of allylic oxidation sites excluding steroid dienone is 1. The molecule has 0 heterocycles. The van der Waals surface area contributed by atoms with E-state index in [4.69, 9.17) is 14.2 Å². The molecule has 324 valence electrons. The van der Waals surface area contributed by atoms with Gasteiger partial charge in [-0.25, -0.2) is 18.0 Å². The number of esters is 2. The number of hydrogen-bond acceptors (Lipinski definition) is 11. The van der Waals surface area contributed by atoms with Crippen molar-refractivity contribution in [3.8, 4) is 0 Å². The molecule has 3 rings (SSSR count). The van der Waals surface area contributed by atoms with Gasteiger partial charge in [-0.15, -0.1) is 0 Å². The monoisotopic (exact) mass is 848 g/mol. The number of sulfone groups is 1. The number of carbonyl (C=O) groups is 6. The van der Waals surface area contributed by atoms with E-state index < -0.39 is 87.3 Å². The highest BCUT2D eigenvalue weighted by Crippen LogP contribution is 2.21. The Morgan fingerprint density at radius 1 is 0.717 bits per heavy atom. The van der Waals surface area contributed by atoms with Gasteiger partial charge in [0.25, 0.3) is 0 Å². The summed E-state index contributed by atoms with van der Waals surface area (Å²) in [7, 11) is -3.70. The normalized spacial score (nSPS) is 13.8. The lowest BCUT2D eigenvalue weighted by atomic mass is 9.97. The first-order chi connectivity index (χ1) is 27.9. The van der Waals surface area contributed by atoms with Gasteiger partial charge in [0.05, 0.1) is 6.42 Å². The molecule has 15 nitrogen and oxygen atoms in total. The zero-order valence-electron chi connectivity index (χ0n) is 35.5. The van der Waals surface area contributed by atoms with Crippen LogP contribution in [0.5, 0.6) is 0 Å². The van der Waals surface area contributed by atoms with E-state index in [-0.39, 0.29) is 18.7 Å². The molecule has 60 heavy (non-hydrogen) atoms. The molecular formula is C44H56N4O11S. The zero-order valence-corrected chi connectivity index (χ0v) is 36.3. The standard InChI is InChI=1S/C44H56N4O11S/c1-28(2)38(41(53)45-32(22-23-60(9,55)56)25-36(49)58-43(3,4)5)48-40(52)34(24-31-20-15-19-30-18-13-14-21-33(30)31)46-39(51)35(26-37(50)59-44(6,7)8)47-42(54)57-27-29-16-11-10-12-17-29/h10-23,25,28,34-35,38H,24,26-27H2,1-9H3,(H,45,53)(H,46,51)(H,47,54)(H,48,52)/b23-22+,32-25+/t34-,35-,38-/m0/s1. The van der Waals surface area contributed by atoms with Gasteiger partial charge in [-0.3, -0.25) is 19.2 Å². The van der Waals surface area contributed by atoms with Crippen molar-refractivity contribution >= 4 is 56.4 Å². The summed E-state index contributed by atoms with van der Waals surface area (Å²) in [5.74, 6) is -4.79. The lowest BCUT2D eigenvalue weighted by Gasteiger charge is -2.27. The molecule has 0 aromatic heterocycles. The average Bonchev–Trinajstić information content (AvgIpc) is 3.13. The lowest BCUT2D eigenvalue weighted by Crippen LogP contribution is -2.58. The molecule has 3 atom stereocenters. The Balaban J connectivity index is 1.98. The number of benzene rings is 3. The van der Waals surface area contributed by atoms with Crippen LogP contribution in [0.3, 0.4) is 0 Å². The van der Waals surface area contributed by atoms with Crippen LogP contribution in [0.4, 0.5) is 4.79 Å². The van der Waals surface area contributed by atoms with Crippen molar-refractivity contribution in [3.05, 3.63) is 107 Å². The predicted molar refractivity (Wildman–Crippen MR) is 226 cm³/mol. The number of alkyl carbamates (subject to hydrolysis) is 1. The Bertz CT molecular complexity index is 2180. The third kappa shape index (κ3) is 17.4. The van der Waals surface area contributed by atoms with Gasteiger partial charge in [0, 0.05) is 29.9 Å². The van der Waals surface area contributed by atoms with Crippen molar-refractivity contribution < 1.29 is 51.4 Å². The SMILES string of the molecule is CC(C)[C@H](NC(=O)[C@H](Cc1cccc2ccccc12)NC(=O)[C@H](CC(=O)OC(C)(C)C)NC(=O)OCc1ccccc1)C(=O)NC(/C=C/S(C)(=O)=O)=C/C(=O)OC(C)(C)C. The molecule has 0 radical (unpaired) electrons. The highest BCUT2D eigenvalue weighted by Gasteiger charge is 2.34. The van der Waals surface area contributed by atoms with Gasteiger partial charge in [-0.2, -0.15) is 0 Å². The van der Waals surface area contributed by atoms with Crippen molar-refractivity contribution in [3.63, 3.8) is 0 Å². The second-order valence-corrected chi connectivity index (χ2v) is 18.4. The topological polar surface area (TPSA) is 212 Å². The predicted octanol–water partition coefficient (Wildman–Crippen LogP) is 4.93. The molecule has 0 aliphatic carbocycles. The van der Waals surface area contributed by atoms with Gasteiger partial charge >= 0.3 is 18.0 Å². The average molecular weight is 849 g/mol. The Kier molecular flexibility index (Phi) is 17.2. The van der Waals surface area contributed by atoms with Gasteiger partial charge in [0.1, 0.15) is 35.9 Å². The first-order valence-electron chi connectivity index (χ1n) is 19.3. The second-order valence-electron chi connectivity index (χ2n) is 16.4. The van der Waals surface area contributed by atoms with Gasteiger partial charge in [-0.05, 0) is 75.4 Å². The smallest absolute Gasteiger partial charge is 0.408 e. The van der Waals surface area contributed by atoms with Crippen LogP contribution in [0, 0.1) is 5.92 Å². The fourth-order valence-corrected chi connectivity index (χ4v) is 6.02. The summed E-state index contributed by atoms with van der Waals surface area (Å²) in [6.07, 6.45) is 1.15. The highest BCUT2D eigenvalue weighted by atomic mass is 32.2. The number of nitrogens with one attached hydrogen (secondary N) is 4. The summed E-state index contributed by atoms with van der Waals surface area (Å²) >= 11 is 0. The minimum absolute atomic E-state index is 0.0934. The van der Waals surface area contributed by atoms with Crippen LogP contribution in [-0.4, -0.2) is 79.8 Å². The van der Waals surface area contributed by atoms with Crippen LogP contribution in [0.1, 0.15) is 72.9 Å². The van der Waals surface area contributed by atoms with Crippen LogP contribution in [0.2, 0.25) is 0 Å². The summed E-state index contributed by atoms with van der Waals surface area (Å²) < 4.78 is 40.0. The molecule has 4 amide bonds. The van der Waals surface area contributed by atoms with Crippen molar-refractivity contribution in [2.24, 2.45) is 5.92 Å². The number of hydrogen-bond donors (Lipinski definition) is 4. The van der Waals surface area contributed by atoms with E-state index in [1.165, 1.54) is 0 Å². The van der Waals surface area contributed by atoms with E-state index in [1.807, 2.05) is 30.3 Å². The molecule has 0 saturated carbocycles. The number of fused-ring (bicyclic) bond motifs is 1. The minimum atomic E-state index is -3.70. The maximum Gasteiger partial charge on any atom is 0.408 e. The van der Waals surface area contributed by atoms with Gasteiger partial charge < -0.3 is 35.5 Å². The van der Waals surface area contributed by atoms with Crippen LogP contribution in [0.25, 0.3) is 10.8 Å². The maximum absolute atomic E-state index is 14.3. The number of rotatable bonds is 17. The Morgan fingerprint density at radius 3 is 1.93 bits per heavy atom. The number of ether oxygens (including phenoxy) is 3. The van der Waals surface area contributed by atoms with Crippen LogP contribution in [-0.2, 0) is 61.0 Å². The number of amides is 4. The maximum atomic E-state index is 14.3. The van der Waals surface area contributed by atoms with E-state index in [1.54, 1.807) is 97.9 Å². The van der Waals surface area contributed by atoms with E-state index in [2.05, 4.69) is 21.3 Å². The molecule has 0 saturated heterocycles. The molecule has 16 heteroatoms. The zero-order chi connectivity index (χ0) is 44.8. The van der Waals surface area contributed by atoms with E-state index in [0.29, 0.717) is 11.1 Å². The van der Waals surface area contributed by atoms with Crippen LogP contribution < -0.4 is 21.3 Å². The molecule has 0 fully saturated rings. The summed E-state index contributed by atoms with van der Waals surface area (Å²) in [6, 6.07) is 17.4. The van der Waals surface area contributed by atoms with Crippen molar-refractivity contribution in [2.75, 3.05) is 6.26 Å². The molecule has 0 bridgehead atoms. The van der Waals surface area contributed by atoms with E-state index in [9.17, 15) is 37.2 Å². The Hall–Kier alpha value is -6.03. The fourth-order valence-electron chi connectivity index (χ4n) is 5.63. The molecule has 0 aliphatic heterocycles. The summed E-state index contributed by atoms with van der Waals surface area (Å²) in [6.45, 7) is 13.0. The quantitative estimate of drug-likeness (QED) is 0.0619. The molecule has 3 aromatic rings. The van der Waals surface area contributed by atoms with Gasteiger partial charge in [0.2, 0.25) is 17.7 Å². The lowest BCUT2D eigenvalue weighted by molar-refractivity contribution is -0.156. The summed E-state index contributed by atoms with van der Waals surface area (Å²) in [5, 5.41) is 12.7. The molecule has 4 N–H and O–H groups in total. The Labute approximate surface area is 351 Å². The van der Waals surface area contributed by atoms with Crippen molar-refractivity contribution in [1.82, 2.24) is 21.3 Å². The highest BCUT2D eigenvalue weighted by molar-refractivity contribution is 7.93. The Morgan fingerprint density at radius 2 is 1.32 bits per heavy atom. The largest absolute Gasteiger partial charge is 0.460 e. The molecule has 0 unspecified atom stereocenters. The second kappa shape index (κ2) is 21.3. The minimum Gasteiger partial charge on any atom is -0.460 e. The van der Waals surface area contributed by atoms with Crippen LogP contribution in [0.15, 0.2) is 96.1 Å². The number of carbonyl (C=O) groups excluding carboxylic acids is 6. The molecular weight excluding hydrogens is 793 g/mol. The third-order valence-electron chi connectivity index (χ3n) is 8.24. The van der Waals surface area contributed by atoms with Crippen LogP contribution >= 0.6 is 0 Å². The first-order valence-corrected chi connectivity index (χ1v) is 21.2. The van der Waals surface area contributed by atoms with E-state index >= 15 is 0 Å². The van der Waals surface area contributed by atoms with E-state index in [0.717, 1.165) is 34.6 Å². The van der Waals surface area contributed by atoms with Crippen molar-refractivity contribution in [1.29, 1.82) is 0 Å². The molecule has 0 aliphatic rings. The van der Waals surface area contributed by atoms with Crippen molar-refractivity contribution in [2.45, 2.75) is 104 Å². The summed E-state index contributed by atoms with van der Waals surface area (Å²) in [4.78, 5) is 81.0. The molecule has 0 spiro atoms. The third-order valence-corrected chi connectivity index (χ3v) is 8.87. The molecule has 3 aromatic carbocycles. The van der Waals surface area contributed by atoms with Gasteiger partial charge in [0.15, 0.2) is 9.84 Å². The fraction of sp³-hybridized carbons (Fsp3) is 0.409.